The van der Waals surface area contributed by atoms with E-state index in [-0.39, 0.29) is 17.1 Å². The summed E-state index contributed by atoms with van der Waals surface area (Å²) in [7, 11) is 2.14. The lowest BCUT2D eigenvalue weighted by atomic mass is 10.0. The minimum Gasteiger partial charge on any atom is -0.393 e. The average molecular weight is 522 g/mol. The van der Waals surface area contributed by atoms with E-state index >= 15 is 0 Å². The second kappa shape index (κ2) is 11.3. The molecular weight excluding hydrogens is 490 g/mol. The number of ether oxygens (including phenoxy) is 1. The molecule has 5 rings (SSSR count). The Morgan fingerprint density at radius 2 is 1.73 bits per heavy atom. The van der Waals surface area contributed by atoms with Gasteiger partial charge in [0.2, 0.25) is 0 Å². The molecule has 2 saturated heterocycles. The Kier molecular flexibility index (Phi) is 7.73. The first kappa shape index (κ1) is 25.3. The molecule has 2 aliphatic heterocycles. The number of nitrogen functional groups attached to an aromatic ring is 1. The van der Waals surface area contributed by atoms with Gasteiger partial charge in [-0.15, -0.1) is 0 Å². The molecule has 9 nitrogen and oxygen atoms in total. The van der Waals surface area contributed by atoms with Gasteiger partial charge in [-0.05, 0) is 55.3 Å². The van der Waals surface area contributed by atoms with E-state index in [9.17, 15) is 4.79 Å². The van der Waals surface area contributed by atoms with Crippen LogP contribution in [-0.4, -0.2) is 73.3 Å². The maximum atomic E-state index is 12.7. The summed E-state index contributed by atoms with van der Waals surface area (Å²) in [6, 6.07) is 14.2. The highest BCUT2D eigenvalue weighted by Crippen LogP contribution is 2.36. The first-order valence-electron chi connectivity index (χ1n) is 12.6. The van der Waals surface area contributed by atoms with Crippen LogP contribution in [-0.2, 0) is 4.74 Å². The van der Waals surface area contributed by atoms with Crippen LogP contribution in [0.2, 0.25) is 5.15 Å². The van der Waals surface area contributed by atoms with E-state index in [1.807, 2.05) is 24.3 Å². The number of carbonyl (C=O) groups is 1. The molecule has 2 aromatic carbocycles. The van der Waals surface area contributed by atoms with Crippen LogP contribution in [0.1, 0.15) is 23.2 Å². The Bertz CT molecular complexity index is 1240. The lowest BCUT2D eigenvalue weighted by Gasteiger charge is -2.35. The van der Waals surface area contributed by atoms with E-state index in [1.165, 1.54) is 6.33 Å². The Morgan fingerprint density at radius 1 is 1.03 bits per heavy atom. The number of rotatable bonds is 6. The summed E-state index contributed by atoms with van der Waals surface area (Å²) in [5.74, 6) is 0.412. The van der Waals surface area contributed by atoms with Gasteiger partial charge in [0, 0.05) is 51.0 Å². The number of nitrogens with two attached hydrogens (primary N) is 1. The minimum atomic E-state index is -0.0534. The van der Waals surface area contributed by atoms with Crippen LogP contribution >= 0.6 is 11.6 Å². The van der Waals surface area contributed by atoms with Crippen molar-refractivity contribution < 1.29 is 9.53 Å². The van der Waals surface area contributed by atoms with Gasteiger partial charge >= 0.3 is 0 Å². The van der Waals surface area contributed by atoms with Gasteiger partial charge in [0.25, 0.3) is 5.91 Å². The fraction of sp³-hybridized carbons (Fsp3) is 0.370. The number of benzene rings is 2. The predicted molar refractivity (Wildman–Crippen MR) is 148 cm³/mol. The maximum Gasteiger partial charge on any atom is 0.251 e. The summed E-state index contributed by atoms with van der Waals surface area (Å²) in [4.78, 5) is 25.7. The van der Waals surface area contributed by atoms with E-state index < -0.39 is 0 Å². The SMILES string of the molecule is CN1CCN(c2ccc(-c3ccc(C(=O)NC4CCOCC4)cc3)cc2Nc2ncnc(Cl)c2N)CC1. The van der Waals surface area contributed by atoms with Crippen LogP contribution in [0.5, 0.6) is 0 Å². The molecule has 0 saturated carbocycles. The van der Waals surface area contributed by atoms with E-state index in [1.54, 1.807) is 0 Å². The molecule has 2 fully saturated rings. The topological polar surface area (TPSA) is 109 Å². The number of halogens is 1. The molecule has 1 amide bonds. The van der Waals surface area contributed by atoms with Crippen LogP contribution in [0, 0.1) is 0 Å². The highest BCUT2D eigenvalue weighted by Gasteiger charge is 2.20. The molecule has 1 aromatic heterocycles. The fourth-order valence-electron chi connectivity index (χ4n) is 4.66. The number of amides is 1. The van der Waals surface area contributed by atoms with E-state index in [2.05, 4.69) is 55.6 Å². The summed E-state index contributed by atoms with van der Waals surface area (Å²) in [5.41, 5.74) is 11.1. The average Bonchev–Trinajstić information content (AvgIpc) is 2.92. The van der Waals surface area contributed by atoms with Crippen molar-refractivity contribution in [3.8, 4) is 11.1 Å². The molecule has 37 heavy (non-hydrogen) atoms. The van der Waals surface area contributed by atoms with Gasteiger partial charge in [-0.1, -0.05) is 29.8 Å². The van der Waals surface area contributed by atoms with Gasteiger partial charge in [-0.25, -0.2) is 9.97 Å². The van der Waals surface area contributed by atoms with E-state index in [0.717, 1.165) is 61.5 Å². The van der Waals surface area contributed by atoms with Crippen LogP contribution in [0.15, 0.2) is 48.8 Å². The number of likely N-dealkylation sites (N-methyl/N-ethyl adjacent to an activating group) is 1. The highest BCUT2D eigenvalue weighted by molar-refractivity contribution is 6.32. The third-order valence-electron chi connectivity index (χ3n) is 6.97. The Morgan fingerprint density at radius 3 is 2.46 bits per heavy atom. The van der Waals surface area contributed by atoms with Crippen LogP contribution in [0.3, 0.4) is 0 Å². The zero-order chi connectivity index (χ0) is 25.8. The molecule has 4 N–H and O–H groups in total. The monoisotopic (exact) mass is 521 g/mol. The van der Waals surface area contributed by atoms with Crippen molar-refractivity contribution in [2.45, 2.75) is 18.9 Å². The van der Waals surface area contributed by atoms with Crippen molar-refractivity contribution >= 4 is 40.4 Å². The van der Waals surface area contributed by atoms with Crippen molar-refractivity contribution in [1.29, 1.82) is 0 Å². The number of piperazine rings is 1. The van der Waals surface area contributed by atoms with Crippen LogP contribution in [0.25, 0.3) is 11.1 Å². The standard InChI is InChI=1S/C27H32ClN7O2/c1-34-10-12-35(13-11-34)23-7-6-20(16-22(23)33-26-24(29)25(28)30-17-31-26)18-2-4-19(5-3-18)27(36)32-21-8-14-37-15-9-21/h2-7,16-17,21H,8-15,29H2,1H3,(H,32,36)(H,30,31,33). The second-order valence-electron chi connectivity index (χ2n) is 9.51. The normalized spacial score (nSPS) is 17.0. The van der Waals surface area contributed by atoms with Gasteiger partial charge < -0.3 is 30.9 Å². The van der Waals surface area contributed by atoms with Gasteiger partial charge in [0.1, 0.15) is 12.0 Å². The zero-order valence-electron chi connectivity index (χ0n) is 20.9. The first-order chi connectivity index (χ1) is 18.0. The number of carbonyl (C=O) groups excluding carboxylic acids is 1. The second-order valence-corrected chi connectivity index (χ2v) is 9.87. The number of nitrogens with one attached hydrogen (secondary N) is 2. The smallest absolute Gasteiger partial charge is 0.251 e. The summed E-state index contributed by atoms with van der Waals surface area (Å²) in [6.07, 6.45) is 3.09. The summed E-state index contributed by atoms with van der Waals surface area (Å²) in [5, 5.41) is 6.71. The molecule has 0 unspecified atom stereocenters. The zero-order valence-corrected chi connectivity index (χ0v) is 21.7. The molecule has 3 heterocycles. The van der Waals surface area contributed by atoms with E-state index in [0.29, 0.717) is 30.3 Å². The molecular formula is C27H32ClN7O2. The molecule has 0 radical (unpaired) electrons. The summed E-state index contributed by atoms with van der Waals surface area (Å²) < 4.78 is 5.38. The third kappa shape index (κ3) is 5.95. The summed E-state index contributed by atoms with van der Waals surface area (Å²) in [6.45, 7) is 5.19. The van der Waals surface area contributed by atoms with Crippen LogP contribution in [0.4, 0.5) is 22.9 Å². The molecule has 2 aliphatic rings. The maximum absolute atomic E-state index is 12.7. The van der Waals surface area contributed by atoms with Crippen molar-refractivity contribution in [2.24, 2.45) is 0 Å². The molecule has 194 valence electrons. The largest absolute Gasteiger partial charge is 0.393 e. The highest BCUT2D eigenvalue weighted by atomic mass is 35.5. The molecule has 10 heteroatoms. The number of nitrogens with zero attached hydrogens (tertiary/aromatic N) is 4. The molecule has 0 spiro atoms. The van der Waals surface area contributed by atoms with Crippen molar-refractivity contribution in [1.82, 2.24) is 20.2 Å². The molecule has 3 aromatic rings. The number of hydrogen-bond donors (Lipinski definition) is 3. The molecule has 0 aliphatic carbocycles. The predicted octanol–water partition coefficient (Wildman–Crippen LogP) is 3.78. The quantitative estimate of drug-likeness (QED) is 0.420. The lowest BCUT2D eigenvalue weighted by Crippen LogP contribution is -2.44. The third-order valence-corrected chi connectivity index (χ3v) is 7.27. The van der Waals surface area contributed by atoms with Crippen molar-refractivity contribution in [2.75, 3.05) is 62.4 Å². The molecule has 0 bridgehead atoms. The first-order valence-corrected chi connectivity index (χ1v) is 13.0. The minimum absolute atomic E-state index is 0.0534. The number of hydrogen-bond acceptors (Lipinski definition) is 8. The fourth-order valence-corrected chi connectivity index (χ4v) is 4.80. The Hall–Kier alpha value is -3.40. The Balaban J connectivity index is 1.40. The van der Waals surface area contributed by atoms with Crippen molar-refractivity contribution in [3.63, 3.8) is 0 Å². The van der Waals surface area contributed by atoms with Gasteiger partial charge in [0.05, 0.1) is 11.4 Å². The number of anilines is 4. The summed E-state index contributed by atoms with van der Waals surface area (Å²) >= 11 is 6.14. The van der Waals surface area contributed by atoms with Gasteiger partial charge in [0.15, 0.2) is 11.0 Å². The lowest BCUT2D eigenvalue weighted by molar-refractivity contribution is 0.0696. The van der Waals surface area contributed by atoms with E-state index in [4.69, 9.17) is 22.1 Å². The molecule has 0 atom stereocenters. The van der Waals surface area contributed by atoms with Gasteiger partial charge in [-0.3, -0.25) is 4.79 Å². The van der Waals surface area contributed by atoms with Gasteiger partial charge in [-0.2, -0.15) is 0 Å². The Labute approximate surface area is 222 Å². The van der Waals surface area contributed by atoms with Crippen LogP contribution < -0.4 is 21.3 Å². The number of aromatic nitrogens is 2. The van der Waals surface area contributed by atoms with Crippen molar-refractivity contribution in [3.05, 3.63) is 59.5 Å².